The number of carbonyl (C=O) groups is 2. The summed E-state index contributed by atoms with van der Waals surface area (Å²) in [5, 5.41) is 7.32. The second-order valence-corrected chi connectivity index (χ2v) is 6.97. The van der Waals surface area contributed by atoms with Gasteiger partial charge in [-0.25, -0.2) is 18.4 Å². The van der Waals surface area contributed by atoms with E-state index in [4.69, 9.17) is 14.6 Å². The van der Waals surface area contributed by atoms with Crippen LogP contribution in [0.1, 0.15) is 10.4 Å². The first kappa shape index (κ1) is 22.0. The Morgan fingerprint density at radius 3 is 2.48 bits per heavy atom. The minimum absolute atomic E-state index is 0.0978. The van der Waals surface area contributed by atoms with Crippen molar-refractivity contribution in [1.29, 1.82) is 0 Å². The second kappa shape index (κ2) is 9.30. The number of sulfonamides is 1. The normalized spacial score (nSPS) is 11.1. The molecule has 2 aromatic rings. The maximum Gasteiger partial charge on any atom is 0.387 e. The zero-order valence-electron chi connectivity index (χ0n) is 14.9. The van der Waals surface area contributed by atoms with Crippen LogP contribution in [0.5, 0.6) is 11.5 Å². The van der Waals surface area contributed by atoms with Crippen LogP contribution in [0.2, 0.25) is 0 Å². The molecule has 156 valence electrons. The molecule has 0 bridgehead atoms. The van der Waals surface area contributed by atoms with Crippen molar-refractivity contribution in [2.45, 2.75) is 11.5 Å². The minimum Gasteiger partial charge on any atom is -0.493 e. The van der Waals surface area contributed by atoms with Gasteiger partial charge in [0.2, 0.25) is 10.0 Å². The number of rotatable bonds is 8. The van der Waals surface area contributed by atoms with Crippen molar-refractivity contribution in [1.82, 2.24) is 0 Å². The first-order chi connectivity index (χ1) is 13.6. The molecule has 0 aliphatic rings. The summed E-state index contributed by atoms with van der Waals surface area (Å²) in [5.74, 6) is -2.56. The average molecular weight is 430 g/mol. The van der Waals surface area contributed by atoms with E-state index < -0.39 is 40.9 Å². The minimum atomic E-state index is -3.97. The van der Waals surface area contributed by atoms with Crippen LogP contribution in [0, 0.1) is 0 Å². The predicted octanol–water partition coefficient (Wildman–Crippen LogP) is 1.74. The van der Waals surface area contributed by atoms with Gasteiger partial charge < -0.3 is 19.5 Å². The van der Waals surface area contributed by atoms with E-state index >= 15 is 0 Å². The van der Waals surface area contributed by atoms with E-state index in [9.17, 15) is 26.8 Å². The number of ether oxygens (including phenoxy) is 3. The van der Waals surface area contributed by atoms with Crippen LogP contribution in [-0.4, -0.2) is 40.6 Å². The van der Waals surface area contributed by atoms with Gasteiger partial charge in [0, 0.05) is 5.69 Å². The first-order valence-electron chi connectivity index (χ1n) is 7.83. The number of anilines is 1. The summed E-state index contributed by atoms with van der Waals surface area (Å²) < 4.78 is 61.9. The van der Waals surface area contributed by atoms with Crippen LogP contribution in [0.3, 0.4) is 0 Å². The van der Waals surface area contributed by atoms with Gasteiger partial charge in [0.25, 0.3) is 5.91 Å². The molecule has 12 heteroatoms. The number of nitrogens with one attached hydrogen (secondary N) is 1. The van der Waals surface area contributed by atoms with Crippen molar-refractivity contribution < 1.29 is 41.0 Å². The number of benzene rings is 2. The van der Waals surface area contributed by atoms with Crippen molar-refractivity contribution in [3.8, 4) is 11.5 Å². The van der Waals surface area contributed by atoms with Gasteiger partial charge in [-0.15, -0.1) is 0 Å². The lowest BCUT2D eigenvalue weighted by atomic mass is 10.2. The molecule has 2 aromatic carbocycles. The number of nitrogens with two attached hydrogens (primary N) is 1. The number of para-hydroxylation sites is 1. The van der Waals surface area contributed by atoms with Gasteiger partial charge in [-0.1, -0.05) is 12.1 Å². The van der Waals surface area contributed by atoms with Gasteiger partial charge in [-0.3, -0.25) is 4.79 Å². The van der Waals surface area contributed by atoms with Gasteiger partial charge in [-0.2, -0.15) is 8.78 Å². The highest BCUT2D eigenvalue weighted by atomic mass is 32.2. The van der Waals surface area contributed by atoms with Crippen LogP contribution in [0.15, 0.2) is 47.4 Å². The molecular weight excluding hydrogens is 414 g/mol. The van der Waals surface area contributed by atoms with Gasteiger partial charge in [0.1, 0.15) is 5.56 Å². The predicted molar refractivity (Wildman–Crippen MR) is 96.4 cm³/mol. The van der Waals surface area contributed by atoms with Crippen LogP contribution in [0.25, 0.3) is 0 Å². The fourth-order valence-electron chi connectivity index (χ4n) is 2.20. The molecule has 0 atom stereocenters. The van der Waals surface area contributed by atoms with Gasteiger partial charge in [0.05, 0.1) is 12.0 Å². The third-order valence-electron chi connectivity index (χ3n) is 3.41. The number of amides is 1. The van der Waals surface area contributed by atoms with Crippen molar-refractivity contribution in [2.24, 2.45) is 5.14 Å². The van der Waals surface area contributed by atoms with Crippen LogP contribution in [-0.2, 0) is 19.6 Å². The highest BCUT2D eigenvalue weighted by Crippen LogP contribution is 2.32. The lowest BCUT2D eigenvalue weighted by Gasteiger charge is -2.14. The number of hydrogen-bond acceptors (Lipinski definition) is 7. The molecular formula is C17H16F2N2O7S. The largest absolute Gasteiger partial charge is 0.493 e. The molecule has 0 spiro atoms. The molecule has 0 fully saturated rings. The number of carbonyl (C=O) groups excluding carboxylic acids is 2. The second-order valence-electron chi connectivity index (χ2n) is 5.41. The maximum absolute atomic E-state index is 12.6. The number of halogens is 2. The van der Waals surface area contributed by atoms with Crippen LogP contribution in [0.4, 0.5) is 14.5 Å². The standard InChI is InChI=1S/C17H16F2N2O7S/c1-26-13-7-3-6-12(15(13)28-17(18)19)16(23)27-9-14(22)21-10-4-2-5-11(8-10)29(20,24)25/h2-8,17H,9H2,1H3,(H,21,22)(H2,20,24,25). The molecule has 0 saturated carbocycles. The molecule has 0 aliphatic carbocycles. The monoisotopic (exact) mass is 430 g/mol. The average Bonchev–Trinajstić information content (AvgIpc) is 2.65. The Morgan fingerprint density at radius 1 is 1.17 bits per heavy atom. The lowest BCUT2D eigenvalue weighted by molar-refractivity contribution is -0.119. The van der Waals surface area contributed by atoms with E-state index in [1.165, 1.54) is 37.4 Å². The number of esters is 1. The molecule has 1 amide bonds. The Labute approximate surface area is 164 Å². The fourth-order valence-corrected chi connectivity index (χ4v) is 2.76. The van der Waals surface area contributed by atoms with Crippen LogP contribution >= 0.6 is 0 Å². The smallest absolute Gasteiger partial charge is 0.387 e. The Hall–Kier alpha value is -3.25. The molecule has 2 rings (SSSR count). The Balaban J connectivity index is 2.07. The molecule has 29 heavy (non-hydrogen) atoms. The van der Waals surface area contributed by atoms with Crippen molar-refractivity contribution in [3.63, 3.8) is 0 Å². The molecule has 0 aliphatic heterocycles. The summed E-state index contributed by atoms with van der Waals surface area (Å²) in [4.78, 5) is 23.9. The summed E-state index contributed by atoms with van der Waals surface area (Å²) in [6.45, 7) is -3.99. The number of alkyl halides is 2. The van der Waals surface area contributed by atoms with E-state index in [0.29, 0.717) is 0 Å². The molecule has 9 nitrogen and oxygen atoms in total. The topological polar surface area (TPSA) is 134 Å². The molecule has 0 unspecified atom stereocenters. The number of methoxy groups -OCH3 is 1. The summed E-state index contributed by atoms with van der Waals surface area (Å²) in [6.07, 6.45) is 0. The third-order valence-corrected chi connectivity index (χ3v) is 4.32. The summed E-state index contributed by atoms with van der Waals surface area (Å²) in [5.41, 5.74) is -0.269. The lowest BCUT2D eigenvalue weighted by Crippen LogP contribution is -2.22. The van der Waals surface area contributed by atoms with E-state index in [-0.39, 0.29) is 21.9 Å². The molecule has 3 N–H and O–H groups in total. The molecule has 0 saturated heterocycles. The van der Waals surface area contributed by atoms with E-state index in [2.05, 4.69) is 10.1 Å². The van der Waals surface area contributed by atoms with E-state index in [1.807, 2.05) is 0 Å². The fraction of sp³-hybridized carbons (Fsp3) is 0.176. The quantitative estimate of drug-likeness (QED) is 0.609. The summed E-state index contributed by atoms with van der Waals surface area (Å²) >= 11 is 0. The zero-order chi connectivity index (χ0) is 21.6. The third kappa shape index (κ3) is 6.12. The highest BCUT2D eigenvalue weighted by Gasteiger charge is 2.22. The zero-order valence-corrected chi connectivity index (χ0v) is 15.7. The SMILES string of the molecule is COc1cccc(C(=O)OCC(=O)Nc2cccc(S(N)(=O)=O)c2)c1OC(F)F. The van der Waals surface area contributed by atoms with Crippen molar-refractivity contribution >= 4 is 27.6 Å². The van der Waals surface area contributed by atoms with Crippen molar-refractivity contribution in [2.75, 3.05) is 19.0 Å². The Morgan fingerprint density at radius 2 is 1.86 bits per heavy atom. The molecule has 0 radical (unpaired) electrons. The van der Waals surface area contributed by atoms with Gasteiger partial charge in [-0.05, 0) is 30.3 Å². The molecule has 0 heterocycles. The van der Waals surface area contributed by atoms with E-state index in [0.717, 1.165) is 12.1 Å². The maximum atomic E-state index is 12.6. The van der Waals surface area contributed by atoms with Gasteiger partial charge in [0.15, 0.2) is 18.1 Å². The number of primary sulfonamides is 1. The van der Waals surface area contributed by atoms with Crippen molar-refractivity contribution in [3.05, 3.63) is 48.0 Å². The number of hydrogen-bond donors (Lipinski definition) is 2. The summed E-state index contributed by atoms with van der Waals surface area (Å²) in [7, 11) is -2.77. The first-order valence-corrected chi connectivity index (χ1v) is 9.38. The molecule has 0 aromatic heterocycles. The van der Waals surface area contributed by atoms with E-state index in [1.54, 1.807) is 0 Å². The Bertz CT molecular complexity index is 1010. The highest BCUT2D eigenvalue weighted by molar-refractivity contribution is 7.89. The van der Waals surface area contributed by atoms with Crippen LogP contribution < -0.4 is 19.9 Å². The summed E-state index contributed by atoms with van der Waals surface area (Å²) in [6, 6.07) is 8.92. The Kier molecular flexibility index (Phi) is 7.07. The van der Waals surface area contributed by atoms with Gasteiger partial charge >= 0.3 is 12.6 Å².